The Morgan fingerprint density at radius 1 is 1.33 bits per heavy atom. The van der Waals surface area contributed by atoms with E-state index in [2.05, 4.69) is 17.5 Å². The molecule has 3 nitrogen and oxygen atoms in total. The fourth-order valence-electron chi connectivity index (χ4n) is 1.52. The number of hydrazone groups is 1. The lowest BCUT2D eigenvalue weighted by Crippen LogP contribution is -2.16. The number of benzene rings is 1. The van der Waals surface area contributed by atoms with E-state index in [0.29, 0.717) is 11.4 Å². The molecule has 1 aromatic rings. The van der Waals surface area contributed by atoms with Crippen LogP contribution in [0.1, 0.15) is 44.6 Å². The van der Waals surface area contributed by atoms with Crippen molar-refractivity contribution < 1.29 is 4.79 Å². The van der Waals surface area contributed by atoms with Gasteiger partial charge in [0.25, 0.3) is 0 Å². The summed E-state index contributed by atoms with van der Waals surface area (Å²) in [6.07, 6.45) is 6.45. The Hall–Kier alpha value is -1.35. The third-order valence-corrected chi connectivity index (χ3v) is 2.90. The van der Waals surface area contributed by atoms with Crippen molar-refractivity contribution in [1.82, 2.24) is 5.43 Å². The van der Waals surface area contributed by atoms with Gasteiger partial charge in [-0.2, -0.15) is 5.10 Å². The van der Waals surface area contributed by atoms with Gasteiger partial charge < -0.3 is 0 Å². The molecule has 0 atom stereocenters. The molecule has 0 aliphatic heterocycles. The molecule has 0 saturated carbocycles. The summed E-state index contributed by atoms with van der Waals surface area (Å²) in [4.78, 5) is 11.4. The van der Waals surface area contributed by atoms with Crippen molar-refractivity contribution in [3.05, 3.63) is 34.9 Å². The molecule has 0 unspecified atom stereocenters. The minimum Gasteiger partial charge on any atom is -0.273 e. The van der Waals surface area contributed by atoms with E-state index in [1.807, 2.05) is 18.2 Å². The summed E-state index contributed by atoms with van der Waals surface area (Å²) in [5.41, 5.74) is 3.30. The monoisotopic (exact) mass is 266 g/mol. The van der Waals surface area contributed by atoms with Crippen molar-refractivity contribution in [3.8, 4) is 0 Å². The Labute approximate surface area is 113 Å². The lowest BCUT2D eigenvalue weighted by Gasteiger charge is -2.00. The second-order valence-corrected chi connectivity index (χ2v) is 4.53. The highest BCUT2D eigenvalue weighted by Crippen LogP contribution is 2.12. The van der Waals surface area contributed by atoms with Crippen molar-refractivity contribution in [1.29, 1.82) is 0 Å². The van der Waals surface area contributed by atoms with Crippen LogP contribution in [0.4, 0.5) is 0 Å². The van der Waals surface area contributed by atoms with Crippen LogP contribution in [0.5, 0.6) is 0 Å². The molecule has 1 N–H and O–H groups in total. The fourth-order valence-corrected chi connectivity index (χ4v) is 1.71. The molecule has 18 heavy (non-hydrogen) atoms. The number of nitrogens with zero attached hydrogens (tertiary/aromatic N) is 1. The number of amides is 1. The Bertz CT molecular complexity index is 405. The maximum absolute atomic E-state index is 11.4. The van der Waals surface area contributed by atoms with E-state index < -0.39 is 0 Å². The number of rotatable bonds is 7. The van der Waals surface area contributed by atoms with Crippen molar-refractivity contribution in [2.45, 2.75) is 39.0 Å². The summed E-state index contributed by atoms with van der Waals surface area (Å²) in [6.45, 7) is 2.15. The molecule has 1 amide bonds. The van der Waals surface area contributed by atoms with Gasteiger partial charge in [-0.15, -0.1) is 0 Å². The van der Waals surface area contributed by atoms with Crippen LogP contribution >= 0.6 is 11.6 Å². The lowest BCUT2D eigenvalue weighted by atomic mass is 10.1. The van der Waals surface area contributed by atoms with Gasteiger partial charge in [-0.1, -0.05) is 56.0 Å². The molecule has 98 valence electrons. The Balaban J connectivity index is 2.28. The zero-order chi connectivity index (χ0) is 13.2. The highest BCUT2D eigenvalue weighted by atomic mass is 35.5. The van der Waals surface area contributed by atoms with Gasteiger partial charge in [-0.25, -0.2) is 5.43 Å². The van der Waals surface area contributed by atoms with Crippen molar-refractivity contribution in [2.24, 2.45) is 5.10 Å². The fraction of sp³-hybridized carbons (Fsp3) is 0.429. The van der Waals surface area contributed by atoms with Gasteiger partial charge in [0.2, 0.25) is 5.91 Å². The third-order valence-electron chi connectivity index (χ3n) is 2.56. The van der Waals surface area contributed by atoms with Crippen molar-refractivity contribution >= 4 is 23.7 Å². The van der Waals surface area contributed by atoms with Crippen LogP contribution < -0.4 is 5.43 Å². The molecule has 0 radical (unpaired) electrons. The maximum Gasteiger partial charge on any atom is 0.240 e. The molecule has 0 aliphatic carbocycles. The SMILES string of the molecule is CCCCCCC(=O)N/N=C/c1ccccc1Cl. The molecular formula is C14H19ClN2O. The third kappa shape index (κ3) is 5.82. The van der Waals surface area contributed by atoms with E-state index in [9.17, 15) is 4.79 Å². The predicted octanol–water partition coefficient (Wildman–Crippen LogP) is 3.76. The largest absolute Gasteiger partial charge is 0.273 e. The molecule has 0 aromatic heterocycles. The Morgan fingerprint density at radius 2 is 2.11 bits per heavy atom. The second kappa shape index (κ2) is 8.70. The van der Waals surface area contributed by atoms with Gasteiger partial charge in [-0.05, 0) is 12.5 Å². The lowest BCUT2D eigenvalue weighted by molar-refractivity contribution is -0.121. The molecule has 0 saturated heterocycles. The van der Waals surface area contributed by atoms with Gasteiger partial charge in [0.15, 0.2) is 0 Å². The number of hydrogen-bond acceptors (Lipinski definition) is 2. The highest BCUT2D eigenvalue weighted by Gasteiger charge is 1.99. The first-order chi connectivity index (χ1) is 8.74. The van der Waals surface area contributed by atoms with Crippen LogP contribution in [-0.4, -0.2) is 12.1 Å². The van der Waals surface area contributed by atoms with E-state index in [1.165, 1.54) is 12.8 Å². The summed E-state index contributed by atoms with van der Waals surface area (Å²) < 4.78 is 0. The van der Waals surface area contributed by atoms with E-state index in [-0.39, 0.29) is 5.91 Å². The van der Waals surface area contributed by atoms with Crippen LogP contribution in [0.25, 0.3) is 0 Å². The molecule has 0 fully saturated rings. The standard InChI is InChI=1S/C14H19ClN2O/c1-2-3-4-5-10-14(18)17-16-11-12-8-6-7-9-13(12)15/h6-9,11H,2-5,10H2,1H3,(H,17,18)/b16-11+. The zero-order valence-electron chi connectivity index (χ0n) is 10.7. The van der Waals surface area contributed by atoms with Crippen molar-refractivity contribution in [3.63, 3.8) is 0 Å². The van der Waals surface area contributed by atoms with E-state index >= 15 is 0 Å². The number of halogens is 1. The molecule has 0 aliphatic rings. The smallest absolute Gasteiger partial charge is 0.240 e. The summed E-state index contributed by atoms with van der Waals surface area (Å²) in [5, 5.41) is 4.52. The summed E-state index contributed by atoms with van der Waals surface area (Å²) >= 11 is 5.95. The first-order valence-corrected chi connectivity index (χ1v) is 6.68. The highest BCUT2D eigenvalue weighted by molar-refractivity contribution is 6.33. The van der Waals surface area contributed by atoms with E-state index in [0.717, 1.165) is 18.4 Å². The Morgan fingerprint density at radius 3 is 2.83 bits per heavy atom. The van der Waals surface area contributed by atoms with E-state index in [4.69, 9.17) is 11.6 Å². The first-order valence-electron chi connectivity index (χ1n) is 6.30. The minimum absolute atomic E-state index is 0.0468. The number of carbonyl (C=O) groups is 1. The normalized spacial score (nSPS) is 10.8. The van der Waals surface area contributed by atoms with Crippen LogP contribution in [0.2, 0.25) is 5.02 Å². The van der Waals surface area contributed by atoms with Gasteiger partial charge in [0.1, 0.15) is 0 Å². The molecule has 0 spiro atoms. The average Bonchev–Trinajstić information content (AvgIpc) is 2.37. The van der Waals surface area contributed by atoms with Crippen LogP contribution in [0, 0.1) is 0 Å². The Kier molecular flexibility index (Phi) is 7.11. The summed E-state index contributed by atoms with van der Waals surface area (Å²) in [6, 6.07) is 7.36. The average molecular weight is 267 g/mol. The van der Waals surface area contributed by atoms with Gasteiger partial charge in [-0.3, -0.25) is 4.79 Å². The number of hydrogen-bond donors (Lipinski definition) is 1. The van der Waals surface area contributed by atoms with Crippen LogP contribution in [0.15, 0.2) is 29.4 Å². The van der Waals surface area contributed by atoms with Gasteiger partial charge >= 0.3 is 0 Å². The number of nitrogens with one attached hydrogen (secondary N) is 1. The number of unbranched alkanes of at least 4 members (excludes halogenated alkanes) is 3. The molecule has 4 heteroatoms. The van der Waals surface area contributed by atoms with Crippen LogP contribution in [0.3, 0.4) is 0 Å². The molecule has 0 heterocycles. The van der Waals surface area contributed by atoms with Gasteiger partial charge in [0, 0.05) is 17.0 Å². The first kappa shape index (κ1) is 14.7. The summed E-state index contributed by atoms with van der Waals surface area (Å²) in [7, 11) is 0. The maximum atomic E-state index is 11.4. The second-order valence-electron chi connectivity index (χ2n) is 4.13. The number of carbonyl (C=O) groups excluding carboxylic acids is 1. The molecule has 0 bridgehead atoms. The topological polar surface area (TPSA) is 41.5 Å². The predicted molar refractivity (Wildman–Crippen MR) is 75.9 cm³/mol. The van der Waals surface area contributed by atoms with Crippen LogP contribution in [-0.2, 0) is 4.79 Å². The molecule has 1 rings (SSSR count). The minimum atomic E-state index is -0.0468. The van der Waals surface area contributed by atoms with Gasteiger partial charge in [0.05, 0.1) is 6.21 Å². The van der Waals surface area contributed by atoms with E-state index in [1.54, 1.807) is 12.3 Å². The molecular weight excluding hydrogens is 248 g/mol. The zero-order valence-corrected chi connectivity index (χ0v) is 11.4. The quantitative estimate of drug-likeness (QED) is 0.456. The van der Waals surface area contributed by atoms with Crippen molar-refractivity contribution in [2.75, 3.05) is 0 Å². The molecule has 1 aromatic carbocycles. The summed E-state index contributed by atoms with van der Waals surface area (Å²) in [5.74, 6) is -0.0468.